The van der Waals surface area contributed by atoms with Gasteiger partial charge in [-0.25, -0.2) is 4.98 Å². The van der Waals surface area contributed by atoms with E-state index in [9.17, 15) is 9.59 Å². The van der Waals surface area contributed by atoms with Crippen LogP contribution in [0.25, 0.3) is 10.9 Å². The number of nitrogens with one attached hydrogen (secondary N) is 2. The van der Waals surface area contributed by atoms with Crippen LogP contribution in [0.3, 0.4) is 0 Å². The second-order valence-electron chi connectivity index (χ2n) is 7.04. The van der Waals surface area contributed by atoms with Crippen molar-refractivity contribution in [1.82, 2.24) is 25.4 Å². The summed E-state index contributed by atoms with van der Waals surface area (Å²) in [7, 11) is 0. The van der Waals surface area contributed by atoms with Crippen LogP contribution in [0.2, 0.25) is 0 Å². The van der Waals surface area contributed by atoms with Gasteiger partial charge in [0, 0.05) is 24.5 Å². The molecule has 25 heavy (non-hydrogen) atoms. The van der Waals surface area contributed by atoms with E-state index in [-0.39, 0.29) is 29.8 Å². The van der Waals surface area contributed by atoms with E-state index in [0.29, 0.717) is 5.69 Å². The van der Waals surface area contributed by atoms with Gasteiger partial charge >= 0.3 is 0 Å². The van der Waals surface area contributed by atoms with Crippen LogP contribution in [0, 0.1) is 5.41 Å². The number of pyridine rings is 1. The Morgan fingerprint density at radius 3 is 2.80 bits per heavy atom. The van der Waals surface area contributed by atoms with Crippen molar-refractivity contribution in [1.29, 1.82) is 0 Å². The Labute approximate surface area is 145 Å². The molecule has 2 aromatic heterocycles. The number of carbonyl (C=O) groups is 2. The molecule has 1 spiro atoms. The highest BCUT2D eigenvalue weighted by Gasteiger charge is 2.49. The van der Waals surface area contributed by atoms with Crippen LogP contribution in [0.1, 0.15) is 36.2 Å². The number of aromatic amines is 1. The molecular weight excluding hydrogens is 320 g/mol. The number of rotatable bonds is 3. The maximum absolute atomic E-state index is 12.6. The van der Waals surface area contributed by atoms with Gasteiger partial charge in [-0.05, 0) is 37.2 Å². The monoisotopic (exact) mass is 342 g/mol. The Bertz CT molecular complexity index is 808. The fourth-order valence-corrected chi connectivity index (χ4v) is 4.05. The Morgan fingerprint density at radius 2 is 2.12 bits per heavy atom. The fourth-order valence-electron chi connectivity index (χ4n) is 4.05. The standard InChI is InChI=1S/C17H22N6O2/c18-8-15(24)23-5-3-17(4-6-23)2-1-14(17)21-16(25)12-7-11-9-20-22-13(11)10-19-12/h7,9-10,14H,1-6,8,18H2,(H,20,22)(H,21,25). The number of aromatic nitrogens is 3. The van der Waals surface area contributed by atoms with Gasteiger partial charge in [0.15, 0.2) is 0 Å². The number of nitrogens with two attached hydrogens (primary N) is 1. The molecule has 132 valence electrons. The molecule has 2 aliphatic rings. The second-order valence-corrected chi connectivity index (χ2v) is 7.04. The fraction of sp³-hybridized carbons (Fsp3) is 0.529. The van der Waals surface area contributed by atoms with E-state index in [1.54, 1.807) is 18.5 Å². The molecule has 1 atom stereocenters. The molecule has 2 amide bonds. The number of H-pyrrole nitrogens is 1. The van der Waals surface area contributed by atoms with Gasteiger partial charge in [0.1, 0.15) is 5.69 Å². The average molecular weight is 342 g/mol. The van der Waals surface area contributed by atoms with Gasteiger partial charge < -0.3 is 16.0 Å². The zero-order valence-electron chi connectivity index (χ0n) is 14.0. The van der Waals surface area contributed by atoms with E-state index < -0.39 is 0 Å². The lowest BCUT2D eigenvalue weighted by atomic mass is 9.59. The van der Waals surface area contributed by atoms with E-state index >= 15 is 0 Å². The third kappa shape index (κ3) is 2.76. The summed E-state index contributed by atoms with van der Waals surface area (Å²) in [4.78, 5) is 30.4. The normalized spacial score (nSPS) is 22.0. The highest BCUT2D eigenvalue weighted by molar-refractivity contribution is 5.95. The smallest absolute Gasteiger partial charge is 0.270 e. The van der Waals surface area contributed by atoms with Crippen LogP contribution in [0.5, 0.6) is 0 Å². The maximum Gasteiger partial charge on any atom is 0.270 e. The number of nitrogens with zero attached hydrogens (tertiary/aromatic N) is 3. The van der Waals surface area contributed by atoms with Crippen LogP contribution >= 0.6 is 0 Å². The van der Waals surface area contributed by atoms with Crippen molar-refractivity contribution in [3.8, 4) is 0 Å². The summed E-state index contributed by atoms with van der Waals surface area (Å²) in [6.45, 7) is 1.51. The summed E-state index contributed by atoms with van der Waals surface area (Å²) >= 11 is 0. The minimum Gasteiger partial charge on any atom is -0.347 e. The number of hydrogen-bond acceptors (Lipinski definition) is 5. The molecule has 3 heterocycles. The van der Waals surface area contributed by atoms with Crippen LogP contribution in [0.15, 0.2) is 18.5 Å². The molecule has 0 aromatic carbocycles. The molecule has 1 aliphatic heterocycles. The highest BCUT2D eigenvalue weighted by atomic mass is 16.2. The number of fused-ring (bicyclic) bond motifs is 1. The summed E-state index contributed by atoms with van der Waals surface area (Å²) in [6, 6.07) is 1.90. The van der Waals surface area contributed by atoms with Crippen molar-refractivity contribution >= 4 is 22.7 Å². The molecule has 0 bridgehead atoms. The molecule has 8 heteroatoms. The zero-order chi connectivity index (χ0) is 17.4. The molecule has 4 rings (SSSR count). The van der Waals surface area contributed by atoms with Gasteiger partial charge in [0.2, 0.25) is 5.91 Å². The van der Waals surface area contributed by atoms with Gasteiger partial charge in [-0.1, -0.05) is 0 Å². The number of hydrogen-bond donors (Lipinski definition) is 3. The number of piperidine rings is 1. The number of carbonyl (C=O) groups excluding carboxylic acids is 2. The van der Waals surface area contributed by atoms with Gasteiger partial charge in [0.25, 0.3) is 5.91 Å². The summed E-state index contributed by atoms with van der Waals surface area (Å²) < 4.78 is 0. The van der Waals surface area contributed by atoms with Crippen LogP contribution in [-0.4, -0.2) is 57.6 Å². The summed E-state index contributed by atoms with van der Waals surface area (Å²) in [5, 5.41) is 10.8. The van der Waals surface area contributed by atoms with Crippen LogP contribution < -0.4 is 11.1 Å². The second kappa shape index (κ2) is 6.11. The minimum atomic E-state index is -0.146. The van der Waals surface area contributed by atoms with Gasteiger partial charge in [-0.2, -0.15) is 5.10 Å². The summed E-state index contributed by atoms with van der Waals surface area (Å²) in [6.07, 6.45) is 7.21. The van der Waals surface area contributed by atoms with Crippen molar-refractivity contribution in [3.05, 3.63) is 24.2 Å². The lowest BCUT2D eigenvalue weighted by Gasteiger charge is -2.54. The maximum atomic E-state index is 12.6. The molecule has 2 aromatic rings. The van der Waals surface area contributed by atoms with Crippen molar-refractivity contribution in [2.24, 2.45) is 11.1 Å². The van der Waals surface area contributed by atoms with E-state index in [1.165, 1.54) is 0 Å². The third-order valence-corrected chi connectivity index (χ3v) is 5.82. The van der Waals surface area contributed by atoms with Gasteiger partial charge in [-0.15, -0.1) is 0 Å². The lowest BCUT2D eigenvalue weighted by Crippen LogP contribution is -2.60. The quantitative estimate of drug-likeness (QED) is 0.747. The van der Waals surface area contributed by atoms with Crippen LogP contribution in [0.4, 0.5) is 0 Å². The van der Waals surface area contributed by atoms with Gasteiger partial charge in [0.05, 0.1) is 24.5 Å². The highest BCUT2D eigenvalue weighted by Crippen LogP contribution is 2.49. The average Bonchev–Trinajstić information content (AvgIpc) is 3.12. The van der Waals surface area contributed by atoms with Crippen molar-refractivity contribution < 1.29 is 9.59 Å². The first-order valence-electron chi connectivity index (χ1n) is 8.69. The molecular formula is C17H22N6O2. The SMILES string of the molecule is NCC(=O)N1CCC2(CCC2NC(=O)c2cc3cn[nH]c3cn2)CC1. The Balaban J connectivity index is 1.41. The Morgan fingerprint density at radius 1 is 1.32 bits per heavy atom. The molecule has 1 saturated heterocycles. The third-order valence-electron chi connectivity index (χ3n) is 5.82. The molecule has 1 unspecified atom stereocenters. The molecule has 4 N–H and O–H groups in total. The van der Waals surface area contributed by atoms with Gasteiger partial charge in [-0.3, -0.25) is 14.7 Å². The lowest BCUT2D eigenvalue weighted by molar-refractivity contribution is -0.133. The molecule has 0 radical (unpaired) electrons. The number of likely N-dealkylation sites (tertiary alicyclic amines) is 1. The van der Waals surface area contributed by atoms with Crippen molar-refractivity contribution in [3.63, 3.8) is 0 Å². The largest absolute Gasteiger partial charge is 0.347 e. The van der Waals surface area contributed by atoms with E-state index in [1.807, 2.05) is 4.90 Å². The molecule has 8 nitrogen and oxygen atoms in total. The van der Waals surface area contributed by atoms with Crippen molar-refractivity contribution in [2.45, 2.75) is 31.7 Å². The molecule has 1 saturated carbocycles. The minimum absolute atomic E-state index is 0.00683. The Kier molecular flexibility index (Phi) is 3.91. The van der Waals surface area contributed by atoms with Crippen molar-refractivity contribution in [2.75, 3.05) is 19.6 Å². The van der Waals surface area contributed by atoms with E-state index in [4.69, 9.17) is 5.73 Å². The Hall–Kier alpha value is -2.48. The molecule has 1 aliphatic carbocycles. The zero-order valence-corrected chi connectivity index (χ0v) is 14.0. The molecule has 2 fully saturated rings. The first kappa shape index (κ1) is 16.0. The summed E-state index contributed by atoms with van der Waals surface area (Å²) in [5.41, 5.74) is 6.78. The predicted molar refractivity (Wildman–Crippen MR) is 91.7 cm³/mol. The first-order chi connectivity index (χ1) is 12.1. The predicted octanol–water partition coefficient (Wildman–Crippen LogP) is 0.418. The van der Waals surface area contributed by atoms with E-state index in [2.05, 4.69) is 20.5 Å². The first-order valence-corrected chi connectivity index (χ1v) is 8.69. The number of amides is 2. The van der Waals surface area contributed by atoms with Crippen LogP contribution in [-0.2, 0) is 4.79 Å². The summed E-state index contributed by atoms with van der Waals surface area (Å²) in [5.74, 6) is -0.139. The van der Waals surface area contributed by atoms with E-state index in [0.717, 1.165) is 49.7 Å². The topological polar surface area (TPSA) is 117 Å².